The summed E-state index contributed by atoms with van der Waals surface area (Å²) >= 11 is 23.3. The topological polar surface area (TPSA) is 330 Å². The van der Waals surface area contributed by atoms with Crippen molar-refractivity contribution in [2.75, 3.05) is 5.73 Å². The van der Waals surface area contributed by atoms with E-state index in [1.54, 1.807) is 114 Å². The third-order valence-corrected chi connectivity index (χ3v) is 18.5. The minimum atomic E-state index is -4.65. The van der Waals surface area contributed by atoms with Crippen molar-refractivity contribution in [2.24, 2.45) is 45.4 Å². The van der Waals surface area contributed by atoms with E-state index in [0.29, 0.717) is 73.6 Å². The minimum absolute atomic E-state index is 0. The number of benzene rings is 3. The van der Waals surface area contributed by atoms with E-state index in [0.717, 1.165) is 64.2 Å². The van der Waals surface area contributed by atoms with Crippen LogP contribution in [-0.2, 0) is 116 Å². The van der Waals surface area contributed by atoms with Crippen molar-refractivity contribution < 1.29 is 67.1 Å². The van der Waals surface area contributed by atoms with Gasteiger partial charge in [-0.25, -0.2) is 39.9 Å². The number of terminal acetylenes is 1. The molecule has 14 rings (SSSR count). The van der Waals surface area contributed by atoms with Crippen LogP contribution in [0.5, 0.6) is 0 Å². The summed E-state index contributed by atoms with van der Waals surface area (Å²) in [5.41, 5.74) is 22.9. The summed E-state index contributed by atoms with van der Waals surface area (Å²) < 4.78 is 161. The van der Waals surface area contributed by atoms with E-state index in [2.05, 4.69) is 78.0 Å². The third kappa shape index (κ3) is 34.0. The van der Waals surface area contributed by atoms with Crippen LogP contribution >= 0.6 is 34.8 Å². The normalized spacial score (nSPS) is 13.1. The molecule has 3 saturated carbocycles. The van der Waals surface area contributed by atoms with Gasteiger partial charge in [0.15, 0.2) is 0 Å². The summed E-state index contributed by atoms with van der Waals surface area (Å²) in [5.74, 6) is 7.53. The van der Waals surface area contributed by atoms with Crippen LogP contribution in [0.3, 0.4) is 0 Å². The van der Waals surface area contributed by atoms with Crippen LogP contribution < -0.4 is 22.9 Å². The van der Waals surface area contributed by atoms with E-state index < -0.39 is 91.0 Å². The Labute approximate surface area is 848 Å². The van der Waals surface area contributed by atoms with Crippen LogP contribution in [0.4, 0.5) is 58.4 Å². The number of nitrogens with two attached hydrogens (primary N) is 4. The third-order valence-electron chi connectivity index (χ3n) is 17.8. The second-order valence-corrected chi connectivity index (χ2v) is 27.1. The Kier molecular flexibility index (Phi) is 49.5. The summed E-state index contributed by atoms with van der Waals surface area (Å²) in [6.07, 6.45) is 8.71. The summed E-state index contributed by atoms with van der Waals surface area (Å²) in [6.45, 7) is 0. The fourth-order valence-corrected chi connectivity index (χ4v) is 12.3. The number of nitrogens with zero attached hydrogens (tertiary/aromatic N) is 16. The number of hydrogen-bond acceptors (Lipinski definition) is 16. The van der Waals surface area contributed by atoms with Gasteiger partial charge in [-0.3, -0.25) is 33.1 Å². The number of amides is 3. The van der Waals surface area contributed by atoms with Crippen molar-refractivity contribution in [1.29, 1.82) is 0 Å². The standard InChI is InChI=1S/C22H22F3N5O.C22H18F3N5O.C12H11NO.C10H8ClF3N4.C5HCl2F3N2.C4H7N3.3CH4.6K/c2*1-30-13-14(11-28-30)10-19-27-12-17(22(23,24)25)18(29-19)7-6-15-4-2-3-5-16(15)21(8-9-21)20(26)31;1-2-9-5-3-4-6-10(9)12(7-8-12)11(13)14;1-18-5-6(3-16-18)2-8-15-4-7(9(11)17-8)10(12,13)14;6-3-2(5(8,9)10)1-11-4(7)12-3;1-7-3-4(5)2-6-7;;;;;;;;;/h2-5,11-13H,6-10H2,1H3,(H2,26,31);2-5,11-13H,8-10H2,1H3,(H2,26,31);1,3-6H,7-8H2,(H2,13,14);3-5H,2H2,1H3;1H;2-3H,5H2,1H3;3*1H4;;;;;;. The van der Waals surface area contributed by atoms with Gasteiger partial charge < -0.3 is 22.9 Å². The summed E-state index contributed by atoms with van der Waals surface area (Å²) in [7, 11) is 7.07. The molecule has 3 aromatic carbocycles. The van der Waals surface area contributed by atoms with Crippen molar-refractivity contribution in [1.82, 2.24) is 79.0 Å². The number of alkyl halides is 12. The molecule has 0 unspecified atom stereocenters. The maximum absolute atomic E-state index is 13.6. The fraction of sp³-hybridized carbons (Fsp3) is 0.321. The molecular formula is C78H79Cl3F12K6N20O3. The number of aromatic nitrogens is 16. The van der Waals surface area contributed by atoms with Gasteiger partial charge in [0.2, 0.25) is 23.0 Å². The zero-order valence-corrected chi connectivity index (χ0v) is 87.1. The molecule has 122 heavy (non-hydrogen) atoms. The molecule has 0 saturated heterocycles. The first-order valence-corrected chi connectivity index (χ1v) is 85.8. The maximum atomic E-state index is 13.6. The van der Waals surface area contributed by atoms with E-state index in [9.17, 15) is 67.1 Å². The van der Waals surface area contributed by atoms with E-state index >= 15 is 0 Å². The van der Waals surface area contributed by atoms with E-state index in [1.807, 2.05) is 55.6 Å². The van der Waals surface area contributed by atoms with Gasteiger partial charge in [-0.1, -0.05) is 118 Å². The summed E-state index contributed by atoms with van der Waals surface area (Å²) in [6, 6.07) is 21.7. The predicted molar refractivity (Wildman–Crippen MR) is 445 cm³/mol. The van der Waals surface area contributed by atoms with E-state index in [1.165, 1.54) is 189 Å². The predicted octanol–water partition coefficient (Wildman–Crippen LogP) is 11.9. The van der Waals surface area contributed by atoms with Crippen LogP contribution in [0.1, 0.15) is 162 Å². The average molecular weight is 1910 g/mol. The van der Waals surface area contributed by atoms with Crippen LogP contribution in [0, 0.1) is 24.2 Å². The Morgan fingerprint density at radius 2 is 0.779 bits per heavy atom. The summed E-state index contributed by atoms with van der Waals surface area (Å²) in [4.78, 5) is 64.9. The number of halogens is 15. The molecule has 620 valence electrons. The van der Waals surface area contributed by atoms with Gasteiger partial charge in [0.1, 0.15) is 50.2 Å². The molecule has 3 fully saturated rings. The van der Waals surface area contributed by atoms with Crippen LogP contribution in [0.2, 0.25) is 15.6 Å². The number of anilines is 1. The van der Waals surface area contributed by atoms with Crippen LogP contribution in [-0.4, -0.2) is 286 Å². The zero-order valence-electron chi connectivity index (χ0n) is 66.1. The Hall–Kier alpha value is -2.00. The van der Waals surface area contributed by atoms with Gasteiger partial charge in [-0.05, 0) is 120 Å². The molecule has 23 nitrogen and oxygen atoms in total. The quantitative estimate of drug-likeness (QED) is 0.0244. The van der Waals surface area contributed by atoms with Crippen molar-refractivity contribution >= 4 is 248 Å². The second-order valence-electron chi connectivity index (χ2n) is 26.0. The molecule has 3 amide bonds. The Balaban J connectivity index is 0.000000392. The number of hydrogen-bond donors (Lipinski definition) is 4. The van der Waals surface area contributed by atoms with Crippen molar-refractivity contribution in [3.63, 3.8) is 0 Å². The van der Waals surface area contributed by atoms with Gasteiger partial charge in [-0.15, -0.1) is 6.42 Å². The molecule has 0 atom stereocenters. The van der Waals surface area contributed by atoms with Crippen LogP contribution in [0.25, 0.3) is 0 Å². The van der Waals surface area contributed by atoms with Gasteiger partial charge in [-0.2, -0.15) is 73.1 Å². The number of primary amides is 3. The number of aryl methyl sites for hydroxylation is 6. The van der Waals surface area contributed by atoms with Gasteiger partial charge in [0.25, 0.3) is 0 Å². The molecule has 0 spiro atoms. The van der Waals surface area contributed by atoms with Gasteiger partial charge >= 0.3 is 214 Å². The Morgan fingerprint density at radius 1 is 0.434 bits per heavy atom. The van der Waals surface area contributed by atoms with Gasteiger partial charge in [0, 0.05) is 108 Å². The average Bonchev–Trinajstić information content (AvgIpc) is 1.61. The van der Waals surface area contributed by atoms with Crippen molar-refractivity contribution in [3.05, 3.63) is 264 Å². The molecule has 8 N–H and O–H groups in total. The Morgan fingerprint density at radius 3 is 1.14 bits per heavy atom. The molecule has 3 aliphatic carbocycles. The molecule has 11 aromatic rings. The molecule has 8 heterocycles. The molecule has 0 bridgehead atoms. The first-order chi connectivity index (χ1) is 56.1. The van der Waals surface area contributed by atoms with Crippen molar-refractivity contribution in [2.45, 2.75) is 134 Å². The zero-order chi connectivity index (χ0) is 88.6. The fourth-order valence-electron chi connectivity index (χ4n) is 11.6. The second kappa shape index (κ2) is 52.9. The van der Waals surface area contributed by atoms with Crippen LogP contribution in [0.15, 0.2) is 147 Å². The molecule has 0 aliphatic heterocycles. The van der Waals surface area contributed by atoms with Crippen molar-refractivity contribution in [3.8, 4) is 24.2 Å². The monoisotopic (exact) mass is 1910 g/mol. The number of carbonyl (C=O) groups excluding carboxylic acids is 3. The first kappa shape index (κ1) is 114. The first-order valence-electron chi connectivity index (χ1n) is 36.7. The molecule has 3 aliphatic rings. The molecular weight excluding hydrogens is 1830 g/mol. The molecule has 44 heteroatoms. The Bertz CT molecular complexity index is 5370. The van der Waals surface area contributed by atoms with E-state index in [4.69, 9.17) is 64.2 Å². The number of rotatable bonds is 15. The molecule has 8 aromatic heterocycles. The number of nitrogen functional groups attached to an aromatic ring is 1. The molecule has 0 radical (unpaired) electrons. The number of carbonyl (C=O) groups is 3. The SMILES string of the molecule is C.C.C.C#Cc1ccccc1C1(C(N)=O)CC1.Cn1cc(Cc2ncc(C(F)(F)F)c(C#Cc3ccccc3C3(C(N)=O)CC3)n2)cn1.Cn1cc(Cc2ncc(C(F)(F)F)c(CCc3ccccc3C3(C(N)=O)CC3)n2)cn1.Cn1cc(Cc2ncc(C(F)(F)F)c(Cl)n2)cn1.Cn1cc(N)cn1.FC(F)(F)c1cnc(Cl)nc1Cl.[K][K].[K][K].[K][K]. The van der Waals surface area contributed by atoms with Gasteiger partial charge in [0.05, 0.1) is 58.0 Å². The summed E-state index contributed by atoms with van der Waals surface area (Å²) in [5, 5.41) is 14.3. The van der Waals surface area contributed by atoms with E-state index in [-0.39, 0.29) is 70.1 Å².